The predicted molar refractivity (Wildman–Crippen MR) is 51.4 cm³/mol. The van der Waals surface area contributed by atoms with Gasteiger partial charge < -0.3 is 9.84 Å². The zero-order valence-corrected chi connectivity index (χ0v) is 9.26. The van der Waals surface area contributed by atoms with E-state index in [1.165, 1.54) is 18.4 Å². The van der Waals surface area contributed by atoms with Gasteiger partial charge in [-0.2, -0.15) is 0 Å². The highest BCUT2D eigenvalue weighted by Gasteiger charge is 2.16. The molecule has 1 atom stereocenters. The molecule has 0 aliphatic carbocycles. The summed E-state index contributed by atoms with van der Waals surface area (Å²) in [5, 5.41) is 9.97. The van der Waals surface area contributed by atoms with E-state index < -0.39 is 12.1 Å². The highest BCUT2D eigenvalue weighted by Crippen LogP contribution is 2.26. The Bertz CT molecular complexity index is 302. The molecule has 0 amide bonds. The first-order valence-electron chi connectivity index (χ1n) is 3.49. The van der Waals surface area contributed by atoms with Gasteiger partial charge in [0.15, 0.2) is 0 Å². The second-order valence-electron chi connectivity index (χ2n) is 2.30. The molecule has 1 aromatic rings. The third kappa shape index (κ3) is 3.06. The summed E-state index contributed by atoms with van der Waals surface area (Å²) in [7, 11) is 1.28. The van der Waals surface area contributed by atoms with Gasteiger partial charge >= 0.3 is 5.97 Å². The molecule has 1 aromatic heterocycles. The number of methoxy groups -OCH3 is 1. The van der Waals surface area contributed by atoms with E-state index in [-0.39, 0.29) is 6.42 Å². The fourth-order valence-electron chi connectivity index (χ4n) is 0.750. The topological polar surface area (TPSA) is 59.4 Å². The summed E-state index contributed by atoms with van der Waals surface area (Å²) in [6.45, 7) is 0. The first-order valence-corrected chi connectivity index (χ1v) is 5.10. The van der Waals surface area contributed by atoms with Gasteiger partial charge in [0.25, 0.3) is 0 Å². The van der Waals surface area contributed by atoms with E-state index in [9.17, 15) is 9.90 Å². The molecule has 72 valence electrons. The number of halogens is 1. The predicted octanol–water partition coefficient (Wildman–Crippen LogP) is 1.50. The second kappa shape index (κ2) is 4.69. The zero-order valence-electron chi connectivity index (χ0n) is 6.86. The summed E-state index contributed by atoms with van der Waals surface area (Å²) in [5.41, 5.74) is 0. The van der Waals surface area contributed by atoms with Gasteiger partial charge in [0, 0.05) is 0 Å². The van der Waals surface area contributed by atoms with Gasteiger partial charge in [-0.1, -0.05) is 0 Å². The maximum Gasteiger partial charge on any atom is 0.308 e. The van der Waals surface area contributed by atoms with Gasteiger partial charge in [-0.15, -0.1) is 11.3 Å². The number of hydrogen-bond donors (Lipinski definition) is 1. The Morgan fingerprint density at radius 1 is 1.92 bits per heavy atom. The first-order chi connectivity index (χ1) is 6.13. The summed E-state index contributed by atoms with van der Waals surface area (Å²) < 4.78 is 5.24. The molecule has 4 nitrogen and oxygen atoms in total. The number of esters is 1. The van der Waals surface area contributed by atoms with Crippen molar-refractivity contribution < 1.29 is 14.6 Å². The number of aromatic nitrogens is 1. The van der Waals surface area contributed by atoms with Gasteiger partial charge in [-0.05, 0) is 15.9 Å². The van der Waals surface area contributed by atoms with Crippen LogP contribution in [0.3, 0.4) is 0 Å². The molecule has 6 heteroatoms. The van der Waals surface area contributed by atoms with Crippen molar-refractivity contribution >= 4 is 33.2 Å². The van der Waals surface area contributed by atoms with Crippen LogP contribution in [0.5, 0.6) is 0 Å². The summed E-state index contributed by atoms with van der Waals surface area (Å²) in [6.07, 6.45) is 0.653. The molecule has 0 aliphatic rings. The molecule has 0 aromatic carbocycles. The highest BCUT2D eigenvalue weighted by molar-refractivity contribution is 9.11. The van der Waals surface area contributed by atoms with Gasteiger partial charge in [-0.25, -0.2) is 4.98 Å². The average Bonchev–Trinajstić information content (AvgIpc) is 2.51. The van der Waals surface area contributed by atoms with Crippen LogP contribution < -0.4 is 0 Å². The summed E-state index contributed by atoms with van der Waals surface area (Å²) in [4.78, 5) is 14.7. The molecule has 1 rings (SSSR count). The number of aliphatic hydroxyl groups excluding tert-OH is 1. The Morgan fingerprint density at radius 2 is 2.62 bits per heavy atom. The molecule has 1 N–H and O–H groups in total. The zero-order chi connectivity index (χ0) is 9.84. The van der Waals surface area contributed by atoms with Crippen molar-refractivity contribution in [3.8, 4) is 0 Å². The van der Waals surface area contributed by atoms with Gasteiger partial charge in [-0.3, -0.25) is 4.79 Å². The van der Waals surface area contributed by atoms with E-state index in [1.807, 2.05) is 0 Å². The fraction of sp³-hybridized carbons (Fsp3) is 0.429. The van der Waals surface area contributed by atoms with Crippen molar-refractivity contribution in [1.82, 2.24) is 4.98 Å². The lowest BCUT2D eigenvalue weighted by Crippen LogP contribution is -2.07. The quantitative estimate of drug-likeness (QED) is 0.842. The monoisotopic (exact) mass is 265 g/mol. The Hall–Kier alpha value is -0.460. The van der Waals surface area contributed by atoms with Crippen LogP contribution >= 0.6 is 27.3 Å². The molecule has 0 saturated heterocycles. The number of carbonyl (C=O) groups excluding carboxylic acids is 1. The molecular formula is C7H8BrNO3S. The van der Waals surface area contributed by atoms with Gasteiger partial charge in [0.1, 0.15) is 11.1 Å². The second-order valence-corrected chi connectivity index (χ2v) is 4.74. The number of hydrogen-bond acceptors (Lipinski definition) is 5. The SMILES string of the molecule is COC(=O)C[C@H](O)c1ncc(Br)s1. The lowest BCUT2D eigenvalue weighted by molar-refractivity contribution is -0.142. The number of thiazole rings is 1. The number of aliphatic hydroxyl groups is 1. The largest absolute Gasteiger partial charge is 0.469 e. The van der Waals surface area contributed by atoms with Crippen molar-refractivity contribution in [3.63, 3.8) is 0 Å². The Labute approximate surface area is 87.7 Å². The van der Waals surface area contributed by atoms with E-state index in [2.05, 4.69) is 25.7 Å². The maximum absolute atomic E-state index is 10.8. The molecule has 0 fully saturated rings. The smallest absolute Gasteiger partial charge is 0.308 e. The van der Waals surface area contributed by atoms with E-state index in [0.717, 1.165) is 3.79 Å². The minimum Gasteiger partial charge on any atom is -0.469 e. The number of rotatable bonds is 3. The number of carbonyl (C=O) groups is 1. The van der Waals surface area contributed by atoms with Crippen LogP contribution in [0.1, 0.15) is 17.5 Å². The van der Waals surface area contributed by atoms with Crippen LogP contribution in [-0.2, 0) is 9.53 Å². The van der Waals surface area contributed by atoms with Crippen LogP contribution in [0, 0.1) is 0 Å². The van der Waals surface area contributed by atoms with E-state index in [1.54, 1.807) is 6.20 Å². The fourth-order valence-corrected chi connectivity index (χ4v) is 1.98. The molecule has 0 unspecified atom stereocenters. The minimum atomic E-state index is -0.872. The van der Waals surface area contributed by atoms with Gasteiger partial charge in [0.2, 0.25) is 0 Å². The molecule has 1 heterocycles. The third-order valence-electron chi connectivity index (χ3n) is 1.37. The molecule has 0 bridgehead atoms. The molecular weight excluding hydrogens is 258 g/mol. The van der Waals surface area contributed by atoms with Crippen molar-refractivity contribution in [2.24, 2.45) is 0 Å². The molecule has 0 saturated carbocycles. The number of ether oxygens (including phenoxy) is 1. The molecule has 0 radical (unpaired) electrons. The van der Waals surface area contributed by atoms with Crippen LogP contribution in [-0.4, -0.2) is 23.2 Å². The van der Waals surface area contributed by atoms with E-state index >= 15 is 0 Å². The summed E-state index contributed by atoms with van der Waals surface area (Å²) in [5.74, 6) is -0.446. The lowest BCUT2D eigenvalue weighted by Gasteiger charge is -2.04. The average molecular weight is 266 g/mol. The third-order valence-corrected chi connectivity index (χ3v) is 2.95. The summed E-state index contributed by atoms with van der Waals surface area (Å²) >= 11 is 4.51. The lowest BCUT2D eigenvalue weighted by atomic mass is 10.3. The van der Waals surface area contributed by atoms with Crippen LogP contribution in [0.15, 0.2) is 9.98 Å². The van der Waals surface area contributed by atoms with Gasteiger partial charge in [0.05, 0.1) is 23.5 Å². The summed E-state index contributed by atoms with van der Waals surface area (Å²) in [6, 6.07) is 0. The molecule has 0 spiro atoms. The van der Waals surface area contributed by atoms with Crippen molar-refractivity contribution in [1.29, 1.82) is 0 Å². The maximum atomic E-state index is 10.8. The van der Waals surface area contributed by atoms with Crippen molar-refractivity contribution in [2.75, 3.05) is 7.11 Å². The van der Waals surface area contributed by atoms with Crippen LogP contribution in [0.2, 0.25) is 0 Å². The number of nitrogens with zero attached hydrogens (tertiary/aromatic N) is 1. The van der Waals surface area contributed by atoms with Crippen LogP contribution in [0.4, 0.5) is 0 Å². The van der Waals surface area contributed by atoms with Crippen molar-refractivity contribution in [3.05, 3.63) is 15.0 Å². The highest BCUT2D eigenvalue weighted by atomic mass is 79.9. The first kappa shape index (κ1) is 10.6. The molecule has 0 aliphatic heterocycles. The van der Waals surface area contributed by atoms with E-state index in [0.29, 0.717) is 5.01 Å². The Balaban J connectivity index is 2.58. The normalized spacial score (nSPS) is 12.5. The Morgan fingerprint density at radius 3 is 3.08 bits per heavy atom. The standard InChI is InChI=1S/C7H8BrNO3S/c1-12-6(11)2-4(10)7-9-3-5(8)13-7/h3-4,10H,2H2,1H3/t4-/m0/s1. The van der Waals surface area contributed by atoms with E-state index in [4.69, 9.17) is 0 Å². The molecule has 13 heavy (non-hydrogen) atoms. The minimum absolute atomic E-state index is 0.0591. The Kier molecular flexibility index (Phi) is 3.83. The van der Waals surface area contributed by atoms with Crippen molar-refractivity contribution in [2.45, 2.75) is 12.5 Å². The van der Waals surface area contributed by atoms with Crippen LogP contribution in [0.25, 0.3) is 0 Å².